The Morgan fingerprint density at radius 3 is 2.47 bits per heavy atom. The first-order valence-electron chi connectivity index (χ1n) is 11.1. The van der Waals surface area contributed by atoms with Crippen molar-refractivity contribution in [2.24, 2.45) is 0 Å². The lowest BCUT2D eigenvalue weighted by molar-refractivity contribution is -0.252. The van der Waals surface area contributed by atoms with Gasteiger partial charge in [-0.05, 0) is 28.5 Å². The average Bonchev–Trinajstić information content (AvgIpc) is 3.22. The Hall–Kier alpha value is -3.27. The molecule has 0 radical (unpaired) electrons. The first kappa shape index (κ1) is 22.5. The second-order valence-corrected chi connectivity index (χ2v) is 8.60. The van der Waals surface area contributed by atoms with Gasteiger partial charge in [0.25, 0.3) is 5.91 Å². The van der Waals surface area contributed by atoms with Crippen LogP contribution in [-0.2, 0) is 11.3 Å². The van der Waals surface area contributed by atoms with E-state index in [1.165, 1.54) is 0 Å². The highest BCUT2D eigenvalue weighted by Crippen LogP contribution is 2.25. The number of para-hydroxylation sites is 1. The van der Waals surface area contributed by atoms with E-state index in [2.05, 4.69) is 35.6 Å². The maximum Gasteiger partial charge on any atom is 0.253 e. The Morgan fingerprint density at radius 1 is 0.941 bits per heavy atom. The number of carbonyl (C=O) groups is 1. The lowest BCUT2D eigenvalue weighted by atomic mass is 9.96. The third-order valence-electron chi connectivity index (χ3n) is 6.40. The number of hydrogen-bond donors (Lipinski definition) is 5. The molecule has 8 nitrogen and oxygen atoms in total. The van der Waals surface area contributed by atoms with E-state index in [1.54, 1.807) is 6.20 Å². The van der Waals surface area contributed by atoms with E-state index >= 15 is 0 Å². The third kappa shape index (κ3) is 4.06. The number of ether oxygens (including phenoxy) is 1. The van der Waals surface area contributed by atoms with E-state index in [4.69, 9.17) is 4.74 Å². The first-order chi connectivity index (χ1) is 16.5. The molecule has 176 valence electrons. The van der Waals surface area contributed by atoms with Gasteiger partial charge in [0.2, 0.25) is 0 Å². The van der Waals surface area contributed by atoms with Gasteiger partial charge < -0.3 is 35.0 Å². The smallest absolute Gasteiger partial charge is 0.253 e. The summed E-state index contributed by atoms with van der Waals surface area (Å²) in [6.07, 6.45) is -3.93. The molecule has 1 saturated heterocycles. The zero-order valence-electron chi connectivity index (χ0n) is 18.3. The van der Waals surface area contributed by atoms with E-state index in [-0.39, 0.29) is 0 Å². The van der Waals surface area contributed by atoms with Crippen molar-refractivity contribution >= 4 is 27.6 Å². The fourth-order valence-electron chi connectivity index (χ4n) is 4.57. The molecule has 5 atom stereocenters. The predicted molar refractivity (Wildman–Crippen MR) is 126 cm³/mol. The van der Waals surface area contributed by atoms with Crippen LogP contribution in [0.2, 0.25) is 0 Å². The van der Waals surface area contributed by atoms with Gasteiger partial charge in [-0.2, -0.15) is 0 Å². The van der Waals surface area contributed by atoms with Gasteiger partial charge in [-0.3, -0.25) is 4.79 Å². The summed E-state index contributed by atoms with van der Waals surface area (Å²) in [7, 11) is 0. The van der Waals surface area contributed by atoms with Crippen LogP contribution in [0.3, 0.4) is 0 Å². The molecule has 1 aliphatic heterocycles. The lowest BCUT2D eigenvalue weighted by Crippen LogP contribution is -2.64. The van der Waals surface area contributed by atoms with Gasteiger partial charge in [-0.25, -0.2) is 0 Å². The molecule has 0 bridgehead atoms. The number of amides is 1. The van der Waals surface area contributed by atoms with Crippen LogP contribution in [0.1, 0.15) is 15.9 Å². The maximum absolute atomic E-state index is 13.2. The molecule has 1 fully saturated rings. The molecule has 5 rings (SSSR count). The summed E-state index contributed by atoms with van der Waals surface area (Å²) in [4.78, 5) is 13.2. The predicted octanol–water partition coefficient (Wildman–Crippen LogP) is 1.37. The van der Waals surface area contributed by atoms with Crippen molar-refractivity contribution in [3.63, 3.8) is 0 Å². The standard InChI is InChI=1S/C26H26N2O6/c29-14-21-23(30)24(31)22(26(33)34-21)27-25(32)19-13-28(20-8-4-3-7-18(19)20)12-15-9-10-16-5-1-2-6-17(16)11-15/h1-11,13,21-24,26,29-31,33H,12,14H2,(H,27,32)/t21-,22-,23-,24?,26?/m1/s1. The fourth-order valence-corrected chi connectivity index (χ4v) is 4.57. The molecule has 1 aliphatic rings. The minimum Gasteiger partial charge on any atom is -0.394 e. The molecule has 8 heteroatoms. The number of aromatic nitrogens is 1. The largest absolute Gasteiger partial charge is 0.394 e. The van der Waals surface area contributed by atoms with Crippen molar-refractivity contribution in [3.8, 4) is 0 Å². The minimum atomic E-state index is -1.58. The number of benzene rings is 3. The van der Waals surface area contributed by atoms with E-state index in [1.807, 2.05) is 41.0 Å². The number of aliphatic hydroxyl groups is 4. The Kier molecular flexibility index (Phi) is 6.07. The second-order valence-electron chi connectivity index (χ2n) is 8.60. The molecule has 0 aliphatic carbocycles. The van der Waals surface area contributed by atoms with E-state index < -0.39 is 43.2 Å². The second kappa shape index (κ2) is 9.17. The lowest BCUT2D eigenvalue weighted by Gasteiger charge is -2.40. The van der Waals surface area contributed by atoms with Crippen molar-refractivity contribution in [1.29, 1.82) is 0 Å². The fraction of sp³-hybridized carbons (Fsp3) is 0.269. The van der Waals surface area contributed by atoms with Gasteiger partial charge in [0, 0.05) is 23.6 Å². The molecule has 2 heterocycles. The minimum absolute atomic E-state index is 0.370. The monoisotopic (exact) mass is 462 g/mol. The Balaban J connectivity index is 1.43. The molecular weight excluding hydrogens is 436 g/mol. The van der Waals surface area contributed by atoms with Gasteiger partial charge in [0.1, 0.15) is 24.4 Å². The van der Waals surface area contributed by atoms with Crippen molar-refractivity contribution in [2.75, 3.05) is 6.61 Å². The van der Waals surface area contributed by atoms with Crippen LogP contribution >= 0.6 is 0 Å². The highest BCUT2D eigenvalue weighted by atomic mass is 16.6. The summed E-state index contributed by atoms with van der Waals surface area (Å²) in [6, 6.07) is 20.6. The van der Waals surface area contributed by atoms with Crippen LogP contribution in [0, 0.1) is 0 Å². The average molecular weight is 463 g/mol. The number of carbonyl (C=O) groups excluding carboxylic acids is 1. The first-order valence-corrected chi connectivity index (χ1v) is 11.1. The Labute approximate surface area is 195 Å². The van der Waals surface area contributed by atoms with Crippen molar-refractivity contribution in [3.05, 3.63) is 84.1 Å². The highest BCUT2D eigenvalue weighted by molar-refractivity contribution is 6.07. The molecule has 1 aromatic heterocycles. The van der Waals surface area contributed by atoms with Crippen molar-refractivity contribution < 1.29 is 30.0 Å². The van der Waals surface area contributed by atoms with Crippen LogP contribution in [0.5, 0.6) is 0 Å². The Morgan fingerprint density at radius 2 is 1.68 bits per heavy atom. The molecule has 2 unspecified atom stereocenters. The van der Waals surface area contributed by atoms with Gasteiger partial charge in [0.15, 0.2) is 6.29 Å². The highest BCUT2D eigenvalue weighted by Gasteiger charge is 2.44. The normalized spacial score (nSPS) is 25.0. The number of nitrogens with one attached hydrogen (secondary N) is 1. The van der Waals surface area contributed by atoms with Crippen LogP contribution < -0.4 is 5.32 Å². The zero-order valence-corrected chi connectivity index (χ0v) is 18.3. The van der Waals surface area contributed by atoms with E-state index in [0.717, 1.165) is 27.2 Å². The zero-order chi connectivity index (χ0) is 23.8. The molecule has 0 spiro atoms. The summed E-state index contributed by atoms with van der Waals surface area (Å²) in [5, 5.41) is 45.6. The van der Waals surface area contributed by atoms with E-state index in [9.17, 15) is 25.2 Å². The molecular formula is C26H26N2O6. The number of rotatable bonds is 5. The molecule has 34 heavy (non-hydrogen) atoms. The SMILES string of the molecule is O=C(N[C@H]1C(O)O[C@H](CO)[C@@H](O)C1O)c1cn(Cc2ccc3ccccc3c2)c2ccccc12. The summed E-state index contributed by atoms with van der Waals surface area (Å²) in [5.74, 6) is -0.519. The van der Waals surface area contributed by atoms with Gasteiger partial charge >= 0.3 is 0 Å². The molecule has 0 saturated carbocycles. The number of aliphatic hydroxyl groups excluding tert-OH is 4. The van der Waals surface area contributed by atoms with Gasteiger partial charge in [0.05, 0.1) is 12.2 Å². The van der Waals surface area contributed by atoms with Crippen LogP contribution in [0.25, 0.3) is 21.7 Å². The van der Waals surface area contributed by atoms with Gasteiger partial charge in [-0.15, -0.1) is 0 Å². The summed E-state index contributed by atoms with van der Waals surface area (Å²) in [6.45, 7) is -0.0223. The van der Waals surface area contributed by atoms with Crippen LogP contribution in [-0.4, -0.2) is 68.2 Å². The van der Waals surface area contributed by atoms with Crippen molar-refractivity contribution in [1.82, 2.24) is 9.88 Å². The van der Waals surface area contributed by atoms with E-state index in [0.29, 0.717) is 12.1 Å². The van der Waals surface area contributed by atoms with Crippen LogP contribution in [0.4, 0.5) is 0 Å². The van der Waals surface area contributed by atoms with Gasteiger partial charge in [-0.1, -0.05) is 54.6 Å². The molecule has 3 aromatic carbocycles. The topological polar surface area (TPSA) is 124 Å². The Bertz CT molecular complexity index is 1340. The number of fused-ring (bicyclic) bond motifs is 2. The molecule has 5 N–H and O–H groups in total. The van der Waals surface area contributed by atoms with Crippen molar-refractivity contribution in [2.45, 2.75) is 37.2 Å². The van der Waals surface area contributed by atoms with Crippen LogP contribution in [0.15, 0.2) is 72.9 Å². The summed E-state index contributed by atoms with van der Waals surface area (Å²) >= 11 is 0. The molecule has 1 amide bonds. The quantitative estimate of drug-likeness (QED) is 0.305. The number of nitrogens with zero attached hydrogens (tertiary/aromatic N) is 1. The summed E-state index contributed by atoms with van der Waals surface area (Å²) in [5.41, 5.74) is 2.31. The maximum atomic E-state index is 13.2. The third-order valence-corrected chi connectivity index (χ3v) is 6.40. The summed E-state index contributed by atoms with van der Waals surface area (Å²) < 4.78 is 7.13. The number of hydrogen-bond acceptors (Lipinski definition) is 6. The molecule has 4 aromatic rings.